The molecule has 0 saturated carbocycles. The summed E-state index contributed by atoms with van der Waals surface area (Å²) < 4.78 is 6.23. The molecule has 2 aliphatic rings. The zero-order valence-corrected chi connectivity index (χ0v) is 23.6. The fourth-order valence-corrected chi connectivity index (χ4v) is 6.26. The van der Waals surface area contributed by atoms with Crippen LogP contribution in [-0.4, -0.2) is 33.1 Å². The normalized spacial score (nSPS) is 16.8. The van der Waals surface area contributed by atoms with Crippen LogP contribution in [0.15, 0.2) is 36.5 Å². The maximum Gasteiger partial charge on any atom is 0.154 e. The van der Waals surface area contributed by atoms with Crippen molar-refractivity contribution in [1.82, 2.24) is 19.9 Å². The van der Waals surface area contributed by atoms with Crippen molar-refractivity contribution in [3.05, 3.63) is 64.2 Å². The quantitative estimate of drug-likeness (QED) is 0.278. The van der Waals surface area contributed by atoms with Crippen LogP contribution in [0.25, 0.3) is 27.6 Å². The van der Waals surface area contributed by atoms with Crippen LogP contribution in [0, 0.1) is 5.41 Å². The van der Waals surface area contributed by atoms with Crippen LogP contribution in [0.3, 0.4) is 0 Å². The molecule has 0 N–H and O–H groups in total. The highest BCUT2D eigenvalue weighted by Gasteiger charge is 2.31. The van der Waals surface area contributed by atoms with Gasteiger partial charge in [-0.25, -0.2) is 19.9 Å². The molecular formula is C31H35N5OS. The van der Waals surface area contributed by atoms with Gasteiger partial charge in [-0.05, 0) is 67.4 Å². The standard InChI is InChI=1S/C31H35N5OS/c1-5-7-8-27-33-24-11-12-31(3,4)17-23(24)29(35-27)36-13-14-37-26-10-9-20(15-22(26)19-36)21-16-25-30(32-18-21)38-28(6-2)34-25/h7-10,15-16,18H,5-6,11-14,17,19H2,1-4H3. The summed E-state index contributed by atoms with van der Waals surface area (Å²) in [6.45, 7) is 11.1. The fourth-order valence-electron chi connectivity index (χ4n) is 5.44. The van der Waals surface area contributed by atoms with Gasteiger partial charge >= 0.3 is 0 Å². The highest BCUT2D eigenvalue weighted by molar-refractivity contribution is 7.18. The second kappa shape index (κ2) is 10.1. The topological polar surface area (TPSA) is 64.0 Å². The second-order valence-electron chi connectivity index (χ2n) is 11.1. The average molecular weight is 526 g/mol. The molecule has 196 valence electrons. The Hall–Kier alpha value is -3.32. The maximum atomic E-state index is 6.23. The first-order chi connectivity index (χ1) is 18.4. The molecule has 0 amide bonds. The molecule has 6 rings (SSSR count). The summed E-state index contributed by atoms with van der Waals surface area (Å²) in [5, 5.41) is 1.13. The third-order valence-corrected chi connectivity index (χ3v) is 8.68. The van der Waals surface area contributed by atoms with E-state index in [0.29, 0.717) is 6.61 Å². The first-order valence-corrected chi connectivity index (χ1v) is 14.6. The van der Waals surface area contributed by atoms with Gasteiger partial charge in [0.25, 0.3) is 0 Å². The zero-order chi connectivity index (χ0) is 26.3. The molecule has 0 radical (unpaired) electrons. The monoisotopic (exact) mass is 525 g/mol. The van der Waals surface area contributed by atoms with Crippen molar-refractivity contribution in [2.75, 3.05) is 18.1 Å². The Bertz CT molecular complexity index is 1520. The number of anilines is 1. The first-order valence-electron chi connectivity index (χ1n) is 13.8. The zero-order valence-electron chi connectivity index (χ0n) is 22.8. The molecule has 0 saturated heterocycles. The summed E-state index contributed by atoms with van der Waals surface area (Å²) in [6.07, 6.45) is 11.2. The van der Waals surface area contributed by atoms with E-state index in [0.717, 1.165) is 89.1 Å². The molecule has 38 heavy (non-hydrogen) atoms. The van der Waals surface area contributed by atoms with Gasteiger partial charge in [0.05, 0.1) is 11.6 Å². The average Bonchev–Trinajstić information content (AvgIpc) is 3.22. The van der Waals surface area contributed by atoms with E-state index in [4.69, 9.17) is 24.7 Å². The van der Waals surface area contributed by atoms with Crippen molar-refractivity contribution in [2.24, 2.45) is 5.41 Å². The molecule has 1 aliphatic carbocycles. The number of aryl methyl sites for hydroxylation is 2. The number of pyridine rings is 1. The van der Waals surface area contributed by atoms with E-state index in [-0.39, 0.29) is 5.41 Å². The van der Waals surface area contributed by atoms with Crippen molar-refractivity contribution < 1.29 is 4.74 Å². The lowest BCUT2D eigenvalue weighted by atomic mass is 9.76. The van der Waals surface area contributed by atoms with Gasteiger partial charge in [-0.3, -0.25) is 0 Å². The number of benzene rings is 1. The number of aromatic nitrogens is 4. The molecule has 3 aromatic heterocycles. The number of rotatable bonds is 5. The van der Waals surface area contributed by atoms with Crippen LogP contribution < -0.4 is 9.64 Å². The van der Waals surface area contributed by atoms with Crippen molar-refractivity contribution in [3.8, 4) is 16.9 Å². The minimum absolute atomic E-state index is 0.248. The molecule has 0 unspecified atom stereocenters. The Morgan fingerprint density at radius 3 is 2.84 bits per heavy atom. The van der Waals surface area contributed by atoms with Gasteiger partial charge in [0, 0.05) is 35.1 Å². The SMILES string of the molecule is CCC=Cc1nc2c(c(N3CCOc4ccc(-c5cnc6sc(CC)nc6c5)cc4C3)n1)CC(C)(C)CC2. The largest absolute Gasteiger partial charge is 0.491 e. The Labute approximate surface area is 228 Å². The highest BCUT2D eigenvalue weighted by Crippen LogP contribution is 2.39. The number of allylic oxidation sites excluding steroid dienone is 1. The second-order valence-corrected chi connectivity index (χ2v) is 12.1. The number of nitrogens with zero attached hydrogens (tertiary/aromatic N) is 5. The number of fused-ring (bicyclic) bond motifs is 3. The van der Waals surface area contributed by atoms with Crippen molar-refractivity contribution in [1.29, 1.82) is 0 Å². The maximum absolute atomic E-state index is 6.23. The van der Waals surface area contributed by atoms with Crippen LogP contribution >= 0.6 is 11.3 Å². The van der Waals surface area contributed by atoms with Crippen molar-refractivity contribution in [2.45, 2.75) is 66.3 Å². The van der Waals surface area contributed by atoms with Gasteiger partial charge in [-0.15, -0.1) is 0 Å². The summed E-state index contributed by atoms with van der Waals surface area (Å²) in [5.74, 6) is 2.83. The van der Waals surface area contributed by atoms with Crippen LogP contribution in [0.4, 0.5) is 5.82 Å². The summed E-state index contributed by atoms with van der Waals surface area (Å²) in [7, 11) is 0. The number of ether oxygens (including phenoxy) is 1. The van der Waals surface area contributed by atoms with Crippen LogP contribution in [0.5, 0.6) is 5.75 Å². The molecule has 0 bridgehead atoms. The molecular weight excluding hydrogens is 490 g/mol. The number of hydrogen-bond acceptors (Lipinski definition) is 7. The van der Waals surface area contributed by atoms with E-state index in [1.54, 1.807) is 11.3 Å². The Balaban J connectivity index is 1.38. The van der Waals surface area contributed by atoms with Crippen molar-refractivity contribution in [3.63, 3.8) is 0 Å². The Morgan fingerprint density at radius 2 is 2.00 bits per heavy atom. The van der Waals surface area contributed by atoms with Gasteiger partial charge in [-0.2, -0.15) is 0 Å². The summed E-state index contributed by atoms with van der Waals surface area (Å²) in [4.78, 5) is 22.9. The lowest BCUT2D eigenvalue weighted by molar-refractivity contribution is 0.310. The molecule has 0 fully saturated rings. The van der Waals surface area contributed by atoms with Crippen LogP contribution in [0.2, 0.25) is 0 Å². The fraction of sp³-hybridized carbons (Fsp3) is 0.419. The Morgan fingerprint density at radius 1 is 1.11 bits per heavy atom. The smallest absolute Gasteiger partial charge is 0.154 e. The molecule has 4 aromatic rings. The summed E-state index contributed by atoms with van der Waals surface area (Å²) in [6, 6.07) is 8.64. The van der Waals surface area contributed by atoms with E-state index in [1.807, 2.05) is 6.20 Å². The number of thiazole rings is 1. The predicted molar refractivity (Wildman–Crippen MR) is 156 cm³/mol. The molecule has 1 aliphatic heterocycles. The van der Waals surface area contributed by atoms with E-state index in [2.05, 4.69) is 69.0 Å². The van der Waals surface area contributed by atoms with Gasteiger partial charge in [-0.1, -0.05) is 51.2 Å². The third kappa shape index (κ3) is 4.92. The molecule has 0 spiro atoms. The molecule has 4 heterocycles. The molecule has 6 nitrogen and oxygen atoms in total. The van der Waals surface area contributed by atoms with E-state index in [9.17, 15) is 0 Å². The highest BCUT2D eigenvalue weighted by atomic mass is 32.1. The van der Waals surface area contributed by atoms with Crippen molar-refractivity contribution >= 4 is 33.6 Å². The van der Waals surface area contributed by atoms with Crippen LogP contribution in [-0.2, 0) is 25.8 Å². The van der Waals surface area contributed by atoms with E-state index in [1.165, 1.54) is 16.8 Å². The van der Waals surface area contributed by atoms with Crippen LogP contribution in [0.1, 0.15) is 68.2 Å². The number of hydrogen-bond donors (Lipinski definition) is 0. The molecule has 7 heteroatoms. The van der Waals surface area contributed by atoms with Gasteiger partial charge in [0.1, 0.15) is 28.5 Å². The van der Waals surface area contributed by atoms with Gasteiger partial charge in [0.15, 0.2) is 5.82 Å². The van der Waals surface area contributed by atoms with E-state index < -0.39 is 0 Å². The van der Waals surface area contributed by atoms with E-state index >= 15 is 0 Å². The third-order valence-electron chi connectivity index (χ3n) is 7.55. The summed E-state index contributed by atoms with van der Waals surface area (Å²) >= 11 is 1.68. The Kier molecular flexibility index (Phi) is 6.64. The summed E-state index contributed by atoms with van der Waals surface area (Å²) in [5.41, 5.74) is 7.11. The first kappa shape index (κ1) is 25.0. The predicted octanol–water partition coefficient (Wildman–Crippen LogP) is 7.05. The molecule has 1 aromatic carbocycles. The van der Waals surface area contributed by atoms with Gasteiger partial charge in [0.2, 0.25) is 0 Å². The molecule has 0 atom stereocenters. The lowest BCUT2D eigenvalue weighted by Gasteiger charge is -2.34. The lowest BCUT2D eigenvalue weighted by Crippen LogP contribution is -2.31. The van der Waals surface area contributed by atoms with Gasteiger partial charge < -0.3 is 9.64 Å². The minimum Gasteiger partial charge on any atom is -0.491 e. The minimum atomic E-state index is 0.248.